The number of sulfonamides is 1. The van der Waals surface area contributed by atoms with Gasteiger partial charge in [0.25, 0.3) is 0 Å². The molecular weight excluding hydrogens is 448 g/mol. The topological polar surface area (TPSA) is 75.7 Å². The van der Waals surface area contributed by atoms with Crippen molar-refractivity contribution in [1.29, 1.82) is 0 Å². The van der Waals surface area contributed by atoms with Crippen molar-refractivity contribution in [2.24, 2.45) is 5.92 Å². The summed E-state index contributed by atoms with van der Waals surface area (Å²) in [6.45, 7) is 1.30. The number of amides is 1. The summed E-state index contributed by atoms with van der Waals surface area (Å²) in [6, 6.07) is 17.5. The van der Waals surface area contributed by atoms with Gasteiger partial charge in [0.05, 0.1) is 7.11 Å². The van der Waals surface area contributed by atoms with Crippen molar-refractivity contribution in [3.8, 4) is 5.75 Å². The normalized spacial score (nSPS) is 19.3. The molecule has 34 heavy (non-hydrogen) atoms. The number of para-hydroxylation sites is 1. The van der Waals surface area contributed by atoms with Gasteiger partial charge >= 0.3 is 0 Å². The van der Waals surface area contributed by atoms with Crippen LogP contribution in [0.15, 0.2) is 60.0 Å². The maximum atomic E-state index is 13.0. The summed E-state index contributed by atoms with van der Waals surface area (Å²) in [7, 11) is -1.81. The van der Waals surface area contributed by atoms with Crippen molar-refractivity contribution < 1.29 is 17.9 Å². The Morgan fingerprint density at radius 2 is 1.71 bits per heavy atom. The molecule has 1 saturated heterocycles. The van der Waals surface area contributed by atoms with E-state index < -0.39 is 10.0 Å². The van der Waals surface area contributed by atoms with Crippen LogP contribution in [0.4, 0.5) is 0 Å². The molecular formula is C27H34N2O4S. The van der Waals surface area contributed by atoms with Crippen LogP contribution < -0.4 is 10.1 Å². The molecule has 4 rings (SSSR count). The van der Waals surface area contributed by atoms with Gasteiger partial charge in [0.15, 0.2) is 0 Å². The van der Waals surface area contributed by atoms with E-state index in [2.05, 4.69) is 11.4 Å². The molecule has 2 fully saturated rings. The minimum Gasteiger partial charge on any atom is -0.496 e. The number of carbonyl (C=O) groups excluding carboxylic acids is 1. The lowest BCUT2D eigenvalue weighted by Gasteiger charge is -2.33. The molecule has 182 valence electrons. The zero-order valence-electron chi connectivity index (χ0n) is 19.8. The number of hydrogen-bond acceptors (Lipinski definition) is 4. The van der Waals surface area contributed by atoms with Crippen molar-refractivity contribution in [2.75, 3.05) is 26.7 Å². The van der Waals surface area contributed by atoms with Gasteiger partial charge in [-0.3, -0.25) is 4.79 Å². The lowest BCUT2D eigenvalue weighted by molar-refractivity contribution is -0.126. The number of hydrogen-bond donors (Lipinski definition) is 1. The van der Waals surface area contributed by atoms with Gasteiger partial charge < -0.3 is 10.1 Å². The molecule has 0 bridgehead atoms. The number of benzene rings is 2. The first kappa shape index (κ1) is 24.5. The number of nitrogens with one attached hydrogen (secondary N) is 1. The molecule has 1 N–H and O–H groups in total. The van der Waals surface area contributed by atoms with E-state index in [9.17, 15) is 13.2 Å². The first-order valence-corrected chi connectivity index (χ1v) is 13.6. The number of carbonyl (C=O) groups is 1. The Balaban J connectivity index is 1.34. The second-order valence-electron chi connectivity index (χ2n) is 9.34. The van der Waals surface area contributed by atoms with Gasteiger partial charge in [0, 0.05) is 41.9 Å². The van der Waals surface area contributed by atoms with Crippen molar-refractivity contribution in [3.05, 3.63) is 71.1 Å². The molecule has 0 aromatic heterocycles. The fourth-order valence-corrected chi connectivity index (χ4v) is 6.48. The fourth-order valence-electron chi connectivity index (χ4n) is 5.26. The quantitative estimate of drug-likeness (QED) is 0.608. The highest BCUT2D eigenvalue weighted by molar-refractivity contribution is 7.92. The van der Waals surface area contributed by atoms with Gasteiger partial charge in [0.1, 0.15) is 5.75 Å². The summed E-state index contributed by atoms with van der Waals surface area (Å²) in [4.78, 5) is 13.0. The lowest BCUT2D eigenvalue weighted by atomic mass is 9.78. The van der Waals surface area contributed by atoms with E-state index >= 15 is 0 Å². The molecule has 1 aliphatic carbocycles. The van der Waals surface area contributed by atoms with E-state index in [1.54, 1.807) is 13.2 Å². The molecule has 1 aliphatic heterocycles. The minimum absolute atomic E-state index is 0.0260. The Morgan fingerprint density at radius 1 is 1.06 bits per heavy atom. The molecule has 0 spiro atoms. The Hall–Kier alpha value is -2.64. The zero-order valence-corrected chi connectivity index (χ0v) is 20.6. The van der Waals surface area contributed by atoms with Gasteiger partial charge in [-0.25, -0.2) is 8.42 Å². The second kappa shape index (κ2) is 10.7. The van der Waals surface area contributed by atoms with Gasteiger partial charge in [-0.05, 0) is 43.4 Å². The summed E-state index contributed by atoms with van der Waals surface area (Å²) < 4.78 is 32.5. The number of ether oxygens (including phenoxy) is 1. The molecule has 1 amide bonds. The Morgan fingerprint density at radius 3 is 2.38 bits per heavy atom. The summed E-state index contributed by atoms with van der Waals surface area (Å²) in [5, 5.41) is 4.47. The SMILES string of the molecule is COc1ccccc1C1(CNC(=O)C2CCN(S(=O)(=O)/C=C/c3ccccc3)CC2)CCCC1. The molecule has 7 heteroatoms. The van der Waals surface area contributed by atoms with Crippen LogP contribution in [0, 0.1) is 5.92 Å². The van der Waals surface area contributed by atoms with Crippen molar-refractivity contribution in [1.82, 2.24) is 9.62 Å². The van der Waals surface area contributed by atoms with Gasteiger partial charge in [-0.1, -0.05) is 61.4 Å². The van der Waals surface area contributed by atoms with Crippen LogP contribution in [0.1, 0.15) is 49.7 Å². The highest BCUT2D eigenvalue weighted by Crippen LogP contribution is 2.44. The molecule has 0 radical (unpaired) electrons. The van der Waals surface area contributed by atoms with Crippen molar-refractivity contribution in [3.63, 3.8) is 0 Å². The average Bonchev–Trinajstić information content (AvgIpc) is 3.37. The van der Waals surface area contributed by atoms with Gasteiger partial charge in [-0.15, -0.1) is 0 Å². The van der Waals surface area contributed by atoms with Crippen LogP contribution >= 0.6 is 0 Å². The third kappa shape index (κ3) is 5.53. The van der Waals surface area contributed by atoms with Gasteiger partial charge in [0.2, 0.25) is 15.9 Å². The largest absolute Gasteiger partial charge is 0.496 e. The van der Waals surface area contributed by atoms with Crippen LogP contribution in [0.25, 0.3) is 6.08 Å². The first-order chi connectivity index (χ1) is 16.4. The molecule has 0 atom stereocenters. The summed E-state index contributed by atoms with van der Waals surface area (Å²) in [5.74, 6) is 0.736. The van der Waals surface area contributed by atoms with Crippen LogP contribution in [-0.4, -0.2) is 45.4 Å². The molecule has 2 aliphatic rings. The molecule has 2 aromatic rings. The van der Waals surface area contributed by atoms with E-state index in [1.165, 1.54) is 15.3 Å². The van der Waals surface area contributed by atoms with Crippen LogP contribution in [0.2, 0.25) is 0 Å². The fraction of sp³-hybridized carbons (Fsp3) is 0.444. The predicted molar refractivity (Wildman–Crippen MR) is 135 cm³/mol. The van der Waals surface area contributed by atoms with Gasteiger partial charge in [-0.2, -0.15) is 4.31 Å². The summed E-state index contributed by atoms with van der Waals surface area (Å²) in [5.41, 5.74) is 1.91. The summed E-state index contributed by atoms with van der Waals surface area (Å²) in [6.07, 6.45) is 7.02. The number of rotatable bonds is 8. The minimum atomic E-state index is -3.50. The van der Waals surface area contributed by atoms with Crippen LogP contribution in [0.3, 0.4) is 0 Å². The van der Waals surface area contributed by atoms with E-state index in [0.29, 0.717) is 32.5 Å². The molecule has 6 nitrogen and oxygen atoms in total. The lowest BCUT2D eigenvalue weighted by Crippen LogP contribution is -2.45. The zero-order chi connectivity index (χ0) is 24.0. The average molecular weight is 483 g/mol. The summed E-state index contributed by atoms with van der Waals surface area (Å²) >= 11 is 0. The van der Waals surface area contributed by atoms with E-state index in [-0.39, 0.29) is 17.2 Å². The van der Waals surface area contributed by atoms with E-state index in [1.807, 2.05) is 48.5 Å². The van der Waals surface area contributed by atoms with Crippen LogP contribution in [0.5, 0.6) is 5.75 Å². The smallest absolute Gasteiger partial charge is 0.236 e. The number of methoxy groups -OCH3 is 1. The predicted octanol–water partition coefficient (Wildman–Crippen LogP) is 4.34. The van der Waals surface area contributed by atoms with Crippen molar-refractivity contribution >= 4 is 22.0 Å². The first-order valence-electron chi connectivity index (χ1n) is 12.1. The van der Waals surface area contributed by atoms with Crippen LogP contribution in [-0.2, 0) is 20.2 Å². The standard InChI is InChI=1S/C27H34N2O4S/c1-33-25-12-6-5-11-24(25)27(16-7-8-17-27)21-28-26(30)23-13-18-29(19-14-23)34(31,32)20-15-22-9-3-2-4-10-22/h2-6,9-12,15,20,23H,7-8,13-14,16-19,21H2,1H3,(H,28,30)/b20-15+. The Labute approximate surface area is 203 Å². The molecule has 1 saturated carbocycles. The highest BCUT2D eigenvalue weighted by Gasteiger charge is 2.39. The molecule has 2 aromatic carbocycles. The Kier molecular flexibility index (Phi) is 7.73. The second-order valence-corrected chi connectivity index (χ2v) is 11.2. The highest BCUT2D eigenvalue weighted by atomic mass is 32.2. The number of nitrogens with zero attached hydrogens (tertiary/aromatic N) is 1. The monoisotopic (exact) mass is 482 g/mol. The maximum Gasteiger partial charge on any atom is 0.236 e. The van der Waals surface area contributed by atoms with Crippen molar-refractivity contribution in [2.45, 2.75) is 43.9 Å². The third-order valence-electron chi connectivity index (χ3n) is 7.26. The number of piperidine rings is 1. The van der Waals surface area contributed by atoms with E-state index in [0.717, 1.165) is 37.0 Å². The van der Waals surface area contributed by atoms with E-state index in [4.69, 9.17) is 4.74 Å². The molecule has 0 unspecified atom stereocenters. The maximum absolute atomic E-state index is 13.0. The Bertz CT molecular complexity index is 1100. The molecule has 1 heterocycles. The third-order valence-corrected chi connectivity index (χ3v) is 8.82.